The van der Waals surface area contributed by atoms with E-state index in [9.17, 15) is 9.90 Å². The van der Waals surface area contributed by atoms with Gasteiger partial charge in [0, 0.05) is 5.92 Å². The third-order valence-electron chi connectivity index (χ3n) is 3.09. The minimum absolute atomic E-state index is 0.254. The molecule has 2 unspecified atom stereocenters. The number of carbonyl (C=O) groups excluding carboxylic acids is 1. The van der Waals surface area contributed by atoms with Crippen molar-refractivity contribution in [2.75, 3.05) is 19.8 Å². The van der Waals surface area contributed by atoms with Crippen LogP contribution in [-0.2, 0) is 9.53 Å². The first kappa shape index (κ1) is 13.7. The summed E-state index contributed by atoms with van der Waals surface area (Å²) in [6.07, 6.45) is -1.18. The highest BCUT2D eigenvalue weighted by molar-refractivity contribution is 5.75. The Morgan fingerprint density at radius 2 is 2.05 bits per heavy atom. The molecule has 5 nitrogen and oxygen atoms in total. The summed E-state index contributed by atoms with van der Waals surface area (Å²) in [5.74, 6) is 0.360. The summed E-state index contributed by atoms with van der Waals surface area (Å²) < 4.78 is 15.7. The number of fused-ring (bicyclic) bond motifs is 1. The Balaban J connectivity index is 2.14. The maximum absolute atomic E-state index is 11.5. The third kappa shape index (κ3) is 2.98. The van der Waals surface area contributed by atoms with Gasteiger partial charge in [-0.3, -0.25) is 0 Å². The number of esters is 1. The monoisotopic (exact) mass is 266 g/mol. The van der Waals surface area contributed by atoms with Crippen LogP contribution in [0.5, 0.6) is 11.5 Å². The minimum Gasteiger partial charge on any atom is -0.486 e. The zero-order chi connectivity index (χ0) is 13.8. The molecule has 0 amide bonds. The Bertz CT molecular complexity index is 457. The van der Waals surface area contributed by atoms with Crippen LogP contribution in [0, 0.1) is 0 Å². The van der Waals surface area contributed by atoms with E-state index in [2.05, 4.69) is 0 Å². The molecule has 1 heterocycles. The van der Waals surface area contributed by atoms with Gasteiger partial charge in [-0.2, -0.15) is 0 Å². The molecule has 104 valence electrons. The Kier molecular flexibility index (Phi) is 4.27. The molecule has 5 heteroatoms. The van der Waals surface area contributed by atoms with E-state index < -0.39 is 12.1 Å². The molecule has 0 radical (unpaired) electrons. The molecule has 0 aliphatic carbocycles. The van der Waals surface area contributed by atoms with Gasteiger partial charge in [0.05, 0.1) is 6.61 Å². The van der Waals surface area contributed by atoms with Gasteiger partial charge in [-0.1, -0.05) is 13.0 Å². The van der Waals surface area contributed by atoms with E-state index in [1.165, 1.54) is 0 Å². The van der Waals surface area contributed by atoms with Crippen LogP contribution in [0.15, 0.2) is 18.2 Å². The van der Waals surface area contributed by atoms with Crippen molar-refractivity contribution in [1.82, 2.24) is 0 Å². The number of benzene rings is 1. The van der Waals surface area contributed by atoms with E-state index in [1.807, 2.05) is 6.07 Å². The third-order valence-corrected chi connectivity index (χ3v) is 3.09. The Morgan fingerprint density at radius 3 is 2.74 bits per heavy atom. The van der Waals surface area contributed by atoms with Gasteiger partial charge in [0.15, 0.2) is 17.6 Å². The average molecular weight is 266 g/mol. The van der Waals surface area contributed by atoms with Gasteiger partial charge in [-0.15, -0.1) is 0 Å². The van der Waals surface area contributed by atoms with Crippen molar-refractivity contribution < 1.29 is 24.1 Å². The molecule has 0 fully saturated rings. The maximum Gasteiger partial charge on any atom is 0.335 e. The minimum atomic E-state index is -1.18. The average Bonchev–Trinajstić information content (AvgIpc) is 2.45. The van der Waals surface area contributed by atoms with Crippen molar-refractivity contribution in [3.63, 3.8) is 0 Å². The molecule has 1 aliphatic heterocycles. The summed E-state index contributed by atoms with van der Waals surface area (Å²) in [7, 11) is 0. The molecule has 0 bridgehead atoms. The van der Waals surface area contributed by atoms with E-state index >= 15 is 0 Å². The van der Waals surface area contributed by atoms with Crippen LogP contribution >= 0.6 is 0 Å². The molecule has 0 saturated heterocycles. The zero-order valence-electron chi connectivity index (χ0n) is 11.1. The van der Waals surface area contributed by atoms with Crippen molar-refractivity contribution in [3.05, 3.63) is 23.8 Å². The topological polar surface area (TPSA) is 65.0 Å². The van der Waals surface area contributed by atoms with Crippen LogP contribution < -0.4 is 9.47 Å². The normalized spacial score (nSPS) is 16.6. The van der Waals surface area contributed by atoms with Gasteiger partial charge in [-0.25, -0.2) is 4.79 Å². The summed E-state index contributed by atoms with van der Waals surface area (Å²) in [4.78, 5) is 11.5. The van der Waals surface area contributed by atoms with Crippen LogP contribution in [0.25, 0.3) is 0 Å². The second-order valence-electron chi connectivity index (χ2n) is 4.39. The van der Waals surface area contributed by atoms with Crippen molar-refractivity contribution in [2.24, 2.45) is 0 Å². The van der Waals surface area contributed by atoms with Crippen LogP contribution in [0.4, 0.5) is 0 Å². The van der Waals surface area contributed by atoms with Gasteiger partial charge in [0.2, 0.25) is 0 Å². The van der Waals surface area contributed by atoms with E-state index in [1.54, 1.807) is 26.0 Å². The Morgan fingerprint density at radius 1 is 1.37 bits per heavy atom. The fourth-order valence-electron chi connectivity index (χ4n) is 1.96. The Labute approximate surface area is 112 Å². The van der Waals surface area contributed by atoms with Crippen LogP contribution in [0.1, 0.15) is 25.3 Å². The van der Waals surface area contributed by atoms with Crippen LogP contribution in [0.3, 0.4) is 0 Å². The Hall–Kier alpha value is -1.75. The fourth-order valence-corrected chi connectivity index (χ4v) is 1.96. The number of hydrogen-bond acceptors (Lipinski definition) is 5. The van der Waals surface area contributed by atoms with E-state index in [0.29, 0.717) is 24.7 Å². The number of rotatable bonds is 4. The molecule has 0 saturated carbocycles. The summed E-state index contributed by atoms with van der Waals surface area (Å²) in [5, 5.41) is 9.93. The van der Waals surface area contributed by atoms with Crippen molar-refractivity contribution in [2.45, 2.75) is 25.9 Å². The predicted molar refractivity (Wildman–Crippen MR) is 68.5 cm³/mol. The molecule has 1 aliphatic rings. The summed E-state index contributed by atoms with van der Waals surface area (Å²) in [6.45, 7) is 4.77. The van der Waals surface area contributed by atoms with Gasteiger partial charge in [0.25, 0.3) is 0 Å². The summed E-state index contributed by atoms with van der Waals surface area (Å²) in [6, 6.07) is 5.40. The second-order valence-corrected chi connectivity index (χ2v) is 4.39. The lowest BCUT2D eigenvalue weighted by Gasteiger charge is -2.22. The summed E-state index contributed by atoms with van der Waals surface area (Å²) in [5.41, 5.74) is 0.810. The van der Waals surface area contributed by atoms with Gasteiger partial charge >= 0.3 is 5.97 Å². The smallest absolute Gasteiger partial charge is 0.335 e. The van der Waals surface area contributed by atoms with Gasteiger partial charge < -0.3 is 19.3 Å². The van der Waals surface area contributed by atoms with E-state index in [4.69, 9.17) is 14.2 Å². The first-order valence-electron chi connectivity index (χ1n) is 6.37. The predicted octanol–water partition coefficient (Wildman–Crippen LogP) is 1.49. The highest BCUT2D eigenvalue weighted by Crippen LogP contribution is 2.34. The van der Waals surface area contributed by atoms with Crippen molar-refractivity contribution >= 4 is 5.97 Å². The molecule has 0 spiro atoms. The maximum atomic E-state index is 11.5. The highest BCUT2D eigenvalue weighted by atomic mass is 16.6. The molecular weight excluding hydrogens is 248 g/mol. The first-order valence-corrected chi connectivity index (χ1v) is 6.37. The first-order chi connectivity index (χ1) is 9.13. The second kappa shape index (κ2) is 5.93. The lowest BCUT2D eigenvalue weighted by molar-refractivity contribution is -0.154. The quantitative estimate of drug-likeness (QED) is 0.836. The molecule has 19 heavy (non-hydrogen) atoms. The van der Waals surface area contributed by atoms with Crippen molar-refractivity contribution in [1.29, 1.82) is 0 Å². The molecule has 0 aromatic heterocycles. The van der Waals surface area contributed by atoms with Gasteiger partial charge in [0.1, 0.15) is 13.2 Å². The molecular formula is C14H18O5. The SMILES string of the molecule is CCOC(=O)C(O)C(C)c1ccc2c(c1)OCCO2. The van der Waals surface area contributed by atoms with Crippen molar-refractivity contribution in [3.8, 4) is 11.5 Å². The number of hydrogen-bond donors (Lipinski definition) is 1. The highest BCUT2D eigenvalue weighted by Gasteiger charge is 2.26. The zero-order valence-corrected chi connectivity index (χ0v) is 11.1. The molecule has 1 N–H and O–H groups in total. The summed E-state index contributed by atoms with van der Waals surface area (Å²) >= 11 is 0. The number of aliphatic hydroxyl groups excluding tert-OH is 1. The van der Waals surface area contributed by atoms with E-state index in [0.717, 1.165) is 5.56 Å². The molecule has 1 aromatic carbocycles. The van der Waals surface area contributed by atoms with E-state index in [-0.39, 0.29) is 12.5 Å². The molecule has 1 aromatic rings. The van der Waals surface area contributed by atoms with Gasteiger partial charge in [-0.05, 0) is 24.6 Å². The van der Waals surface area contributed by atoms with Crippen LogP contribution in [0.2, 0.25) is 0 Å². The lowest BCUT2D eigenvalue weighted by atomic mass is 9.95. The largest absolute Gasteiger partial charge is 0.486 e. The number of ether oxygens (including phenoxy) is 3. The fraction of sp³-hybridized carbons (Fsp3) is 0.500. The lowest BCUT2D eigenvalue weighted by Crippen LogP contribution is -2.28. The number of aliphatic hydroxyl groups is 1. The molecule has 2 rings (SSSR count). The number of carbonyl (C=O) groups is 1. The molecule has 2 atom stereocenters. The van der Waals surface area contributed by atoms with Crippen LogP contribution in [-0.4, -0.2) is 37.0 Å². The standard InChI is InChI=1S/C14H18O5/c1-3-17-14(16)13(15)9(2)10-4-5-11-12(8-10)19-7-6-18-11/h4-5,8-9,13,15H,3,6-7H2,1-2H3.